The van der Waals surface area contributed by atoms with Crippen LogP contribution in [0.5, 0.6) is 0 Å². The van der Waals surface area contributed by atoms with E-state index in [-0.39, 0.29) is 41.7 Å². The van der Waals surface area contributed by atoms with E-state index in [1.165, 1.54) is 31.3 Å². The van der Waals surface area contributed by atoms with Gasteiger partial charge in [-0.2, -0.15) is 9.57 Å². The molecule has 1 aliphatic carbocycles. The van der Waals surface area contributed by atoms with Crippen LogP contribution in [-0.2, 0) is 21.4 Å². The summed E-state index contributed by atoms with van der Waals surface area (Å²) in [6, 6.07) is 14.5. The Hall–Kier alpha value is -3.26. The van der Waals surface area contributed by atoms with Crippen molar-refractivity contribution in [3.63, 3.8) is 0 Å². The SMILES string of the molecule is CN(CC(=O)N(Cc1nnc(-c2ccccc2Cl)o1)C1CC1)S(=O)(=O)c1ccc(C#N)cc1. The lowest BCUT2D eigenvalue weighted by Gasteiger charge is -2.24. The van der Waals surface area contributed by atoms with Crippen LogP contribution in [-0.4, -0.2) is 53.4 Å². The Morgan fingerprint density at radius 1 is 1.18 bits per heavy atom. The third-order valence-electron chi connectivity index (χ3n) is 5.23. The topological polar surface area (TPSA) is 120 Å². The van der Waals surface area contributed by atoms with E-state index in [9.17, 15) is 13.2 Å². The van der Waals surface area contributed by atoms with Crippen LogP contribution >= 0.6 is 11.6 Å². The second-order valence-electron chi connectivity index (χ2n) is 7.63. The van der Waals surface area contributed by atoms with Gasteiger partial charge in [0.05, 0.1) is 40.2 Å². The first-order chi connectivity index (χ1) is 15.8. The van der Waals surface area contributed by atoms with Gasteiger partial charge in [0.25, 0.3) is 0 Å². The van der Waals surface area contributed by atoms with Gasteiger partial charge in [-0.3, -0.25) is 4.79 Å². The van der Waals surface area contributed by atoms with Crippen molar-refractivity contribution >= 4 is 27.5 Å². The molecule has 1 aromatic heterocycles. The van der Waals surface area contributed by atoms with Gasteiger partial charge in [-0.25, -0.2) is 8.42 Å². The van der Waals surface area contributed by atoms with Crippen molar-refractivity contribution in [2.75, 3.05) is 13.6 Å². The summed E-state index contributed by atoms with van der Waals surface area (Å²) in [5.74, 6) is 0.122. The van der Waals surface area contributed by atoms with Crippen LogP contribution in [0, 0.1) is 11.3 Å². The molecule has 170 valence electrons. The fourth-order valence-corrected chi connectivity index (χ4v) is 4.60. The van der Waals surface area contributed by atoms with E-state index in [1.807, 2.05) is 6.07 Å². The minimum atomic E-state index is -3.90. The van der Waals surface area contributed by atoms with Crippen molar-refractivity contribution in [3.8, 4) is 17.5 Å². The summed E-state index contributed by atoms with van der Waals surface area (Å²) in [6.45, 7) is -0.268. The lowest BCUT2D eigenvalue weighted by atomic mass is 10.2. The number of nitriles is 1. The fraction of sp³-hybridized carbons (Fsp3) is 0.273. The standard InChI is InChI=1S/C22H20ClN5O4S/c1-27(33(30,31)17-10-6-15(12-24)7-11-17)14-21(29)28(16-8-9-16)13-20-25-26-22(32-20)18-4-2-3-5-19(18)23/h2-7,10-11,16H,8-9,13-14H2,1H3. The number of nitrogens with zero attached hydrogens (tertiary/aromatic N) is 5. The Kier molecular flexibility index (Phi) is 6.47. The van der Waals surface area contributed by atoms with Crippen molar-refractivity contribution in [2.24, 2.45) is 0 Å². The number of carbonyl (C=O) groups excluding carboxylic acids is 1. The zero-order chi connectivity index (χ0) is 23.6. The number of hydrogen-bond donors (Lipinski definition) is 0. The number of halogens is 1. The van der Waals surface area contributed by atoms with Gasteiger partial charge in [0.1, 0.15) is 0 Å². The zero-order valence-electron chi connectivity index (χ0n) is 17.7. The number of rotatable bonds is 8. The molecule has 11 heteroatoms. The summed E-state index contributed by atoms with van der Waals surface area (Å²) in [6.07, 6.45) is 1.65. The smallest absolute Gasteiger partial charge is 0.249 e. The second-order valence-corrected chi connectivity index (χ2v) is 10.1. The summed E-state index contributed by atoms with van der Waals surface area (Å²) in [5.41, 5.74) is 0.943. The molecule has 0 spiro atoms. The van der Waals surface area contributed by atoms with Gasteiger partial charge in [0, 0.05) is 13.1 Å². The highest BCUT2D eigenvalue weighted by Crippen LogP contribution is 2.30. The summed E-state index contributed by atoms with van der Waals surface area (Å²) in [7, 11) is -2.55. The van der Waals surface area contributed by atoms with E-state index in [0.717, 1.165) is 17.1 Å². The second kappa shape index (κ2) is 9.31. The number of amides is 1. The lowest BCUT2D eigenvalue weighted by Crippen LogP contribution is -2.42. The maximum Gasteiger partial charge on any atom is 0.249 e. The highest BCUT2D eigenvalue weighted by molar-refractivity contribution is 7.89. The highest BCUT2D eigenvalue weighted by atomic mass is 35.5. The predicted octanol–water partition coefficient (Wildman–Crippen LogP) is 3.07. The molecular formula is C22H20ClN5O4S. The maximum absolute atomic E-state index is 13.0. The molecule has 1 saturated carbocycles. The first-order valence-electron chi connectivity index (χ1n) is 10.1. The average Bonchev–Trinajstić information content (AvgIpc) is 3.55. The first-order valence-corrected chi connectivity index (χ1v) is 11.9. The monoisotopic (exact) mass is 485 g/mol. The third kappa shape index (κ3) is 5.06. The van der Waals surface area contributed by atoms with E-state index >= 15 is 0 Å². The van der Waals surface area contributed by atoms with Crippen molar-refractivity contribution in [1.29, 1.82) is 5.26 Å². The fourth-order valence-electron chi connectivity index (χ4n) is 3.26. The Morgan fingerprint density at radius 3 is 2.52 bits per heavy atom. The van der Waals surface area contributed by atoms with E-state index < -0.39 is 10.0 Å². The molecule has 4 rings (SSSR count). The van der Waals surface area contributed by atoms with Crippen LogP contribution < -0.4 is 0 Å². The van der Waals surface area contributed by atoms with Crippen LogP contribution in [0.15, 0.2) is 57.8 Å². The van der Waals surface area contributed by atoms with Crippen molar-refractivity contribution in [2.45, 2.75) is 30.3 Å². The molecule has 0 atom stereocenters. The Morgan fingerprint density at radius 2 is 1.88 bits per heavy atom. The molecule has 2 aromatic carbocycles. The molecule has 33 heavy (non-hydrogen) atoms. The number of aromatic nitrogens is 2. The molecular weight excluding hydrogens is 466 g/mol. The molecule has 1 heterocycles. The molecule has 0 aliphatic heterocycles. The quantitative estimate of drug-likeness (QED) is 0.480. The molecule has 1 fully saturated rings. The molecule has 1 amide bonds. The van der Waals surface area contributed by atoms with Gasteiger partial charge in [-0.1, -0.05) is 23.7 Å². The van der Waals surface area contributed by atoms with Crippen LogP contribution in [0.3, 0.4) is 0 Å². The number of sulfonamides is 1. The third-order valence-corrected chi connectivity index (χ3v) is 7.38. The van der Waals surface area contributed by atoms with Crippen molar-refractivity contribution in [1.82, 2.24) is 19.4 Å². The molecule has 0 saturated heterocycles. The molecule has 0 N–H and O–H groups in total. The van der Waals surface area contributed by atoms with Crippen molar-refractivity contribution < 1.29 is 17.6 Å². The Balaban J connectivity index is 1.47. The number of benzene rings is 2. The Labute approximate surface area is 196 Å². The van der Waals surface area contributed by atoms with E-state index in [4.69, 9.17) is 21.3 Å². The molecule has 9 nitrogen and oxygen atoms in total. The summed E-state index contributed by atoms with van der Waals surface area (Å²) < 4.78 is 32.4. The van der Waals surface area contributed by atoms with E-state index in [0.29, 0.717) is 16.1 Å². The first kappa shape index (κ1) is 22.9. The highest BCUT2D eigenvalue weighted by Gasteiger charge is 2.35. The van der Waals surface area contributed by atoms with E-state index in [2.05, 4.69) is 10.2 Å². The molecule has 0 bridgehead atoms. The number of likely N-dealkylation sites (N-methyl/N-ethyl adjacent to an activating group) is 1. The normalized spacial score (nSPS) is 13.6. The van der Waals surface area contributed by atoms with Crippen molar-refractivity contribution in [3.05, 3.63) is 65.0 Å². The van der Waals surface area contributed by atoms with E-state index in [1.54, 1.807) is 29.2 Å². The molecule has 0 unspecified atom stereocenters. The van der Waals surface area contributed by atoms with Gasteiger partial charge < -0.3 is 9.32 Å². The predicted molar refractivity (Wildman–Crippen MR) is 119 cm³/mol. The Bertz CT molecular complexity index is 1310. The van der Waals surface area contributed by atoms with Crippen LogP contribution in [0.2, 0.25) is 5.02 Å². The van der Waals surface area contributed by atoms with Gasteiger partial charge in [-0.15, -0.1) is 10.2 Å². The van der Waals surface area contributed by atoms with Gasteiger partial charge >= 0.3 is 0 Å². The summed E-state index contributed by atoms with van der Waals surface area (Å²) >= 11 is 6.18. The zero-order valence-corrected chi connectivity index (χ0v) is 19.3. The largest absolute Gasteiger partial charge is 0.419 e. The van der Waals surface area contributed by atoms with Crippen LogP contribution in [0.1, 0.15) is 24.3 Å². The molecule has 1 aliphatic rings. The molecule has 0 radical (unpaired) electrons. The summed E-state index contributed by atoms with van der Waals surface area (Å²) in [5, 5.41) is 17.4. The summed E-state index contributed by atoms with van der Waals surface area (Å²) in [4.78, 5) is 14.6. The maximum atomic E-state index is 13.0. The van der Waals surface area contributed by atoms with Crippen LogP contribution in [0.25, 0.3) is 11.5 Å². The van der Waals surface area contributed by atoms with Gasteiger partial charge in [0.2, 0.25) is 27.7 Å². The average molecular weight is 486 g/mol. The van der Waals surface area contributed by atoms with Gasteiger partial charge in [0.15, 0.2) is 0 Å². The van der Waals surface area contributed by atoms with Crippen LogP contribution in [0.4, 0.5) is 0 Å². The molecule has 3 aromatic rings. The number of carbonyl (C=O) groups is 1. The lowest BCUT2D eigenvalue weighted by molar-refractivity contribution is -0.132. The van der Waals surface area contributed by atoms with Gasteiger partial charge in [-0.05, 0) is 49.2 Å². The minimum Gasteiger partial charge on any atom is -0.419 e. The minimum absolute atomic E-state index is 0.000760. The number of hydrogen-bond acceptors (Lipinski definition) is 7.